The van der Waals surface area contributed by atoms with Crippen LogP contribution >= 0.6 is 0 Å². The summed E-state index contributed by atoms with van der Waals surface area (Å²) < 4.78 is 0. The highest BCUT2D eigenvalue weighted by atomic mass is 16.6. The molecule has 0 amide bonds. The highest BCUT2D eigenvalue weighted by molar-refractivity contribution is 5.52. The maximum absolute atomic E-state index is 10.7. The van der Waals surface area contributed by atoms with E-state index in [1.807, 2.05) is 43.3 Å². The monoisotopic (exact) mass is 270 g/mol. The smallest absolute Gasteiger partial charge is 0.271 e. The maximum atomic E-state index is 10.7. The van der Waals surface area contributed by atoms with Crippen molar-refractivity contribution in [1.29, 1.82) is 0 Å². The van der Waals surface area contributed by atoms with Gasteiger partial charge in [0, 0.05) is 31.9 Å². The van der Waals surface area contributed by atoms with Gasteiger partial charge in [-0.3, -0.25) is 10.1 Å². The fraction of sp³-hybridized carbons (Fsp3) is 0.143. The van der Waals surface area contributed by atoms with Gasteiger partial charge in [-0.1, -0.05) is 6.07 Å². The topological polar surface area (TPSA) is 71.1 Å². The highest BCUT2D eigenvalue weighted by Gasteiger charge is 2.04. The molecule has 0 aliphatic carbocycles. The highest BCUT2D eigenvalue weighted by Crippen LogP contribution is 2.23. The van der Waals surface area contributed by atoms with Gasteiger partial charge in [0.25, 0.3) is 5.69 Å². The van der Waals surface area contributed by atoms with Crippen LogP contribution in [0.3, 0.4) is 0 Å². The standard InChI is InChI=1S/C14H14N4O2/c1-17(2)13-8-6-11(7-9-13)15-16-12-4-3-5-14(10-12)18(19)20/h3-10H,1-2H3. The van der Waals surface area contributed by atoms with Crippen LogP contribution in [-0.2, 0) is 0 Å². The van der Waals surface area contributed by atoms with Gasteiger partial charge in [0.05, 0.1) is 16.3 Å². The van der Waals surface area contributed by atoms with E-state index < -0.39 is 4.92 Å². The summed E-state index contributed by atoms with van der Waals surface area (Å²) in [6, 6.07) is 13.6. The minimum absolute atomic E-state index is 0.00408. The first-order valence-corrected chi connectivity index (χ1v) is 6.00. The largest absolute Gasteiger partial charge is 0.378 e. The van der Waals surface area contributed by atoms with Gasteiger partial charge >= 0.3 is 0 Å². The SMILES string of the molecule is CN(C)c1ccc(N=Nc2cccc([N+](=O)[O-])c2)cc1. The number of nitro groups is 1. The number of nitrogens with zero attached hydrogens (tertiary/aromatic N) is 4. The van der Waals surface area contributed by atoms with Crippen molar-refractivity contribution in [3.05, 3.63) is 58.6 Å². The number of hydrogen-bond acceptors (Lipinski definition) is 5. The van der Waals surface area contributed by atoms with E-state index in [1.54, 1.807) is 12.1 Å². The predicted molar refractivity (Wildman–Crippen MR) is 78.0 cm³/mol. The molecular formula is C14H14N4O2. The lowest BCUT2D eigenvalue weighted by Gasteiger charge is -2.11. The molecule has 0 fully saturated rings. The Balaban J connectivity index is 2.16. The normalized spacial score (nSPS) is 10.7. The maximum Gasteiger partial charge on any atom is 0.271 e. The van der Waals surface area contributed by atoms with Gasteiger partial charge in [-0.25, -0.2) is 0 Å². The third-order valence-corrected chi connectivity index (χ3v) is 2.69. The summed E-state index contributed by atoms with van der Waals surface area (Å²) in [7, 11) is 3.92. The molecule has 0 spiro atoms. The fourth-order valence-corrected chi connectivity index (χ4v) is 1.60. The lowest BCUT2D eigenvalue weighted by Crippen LogP contribution is -2.07. The van der Waals surface area contributed by atoms with Crippen LogP contribution in [0.1, 0.15) is 0 Å². The summed E-state index contributed by atoms with van der Waals surface area (Å²) >= 11 is 0. The molecule has 2 aromatic rings. The lowest BCUT2D eigenvalue weighted by molar-refractivity contribution is -0.384. The number of benzene rings is 2. The Labute approximate surface area is 116 Å². The van der Waals surface area contributed by atoms with Crippen molar-refractivity contribution in [3.63, 3.8) is 0 Å². The van der Waals surface area contributed by atoms with Crippen LogP contribution in [0.5, 0.6) is 0 Å². The van der Waals surface area contributed by atoms with Crippen LogP contribution in [0.2, 0.25) is 0 Å². The van der Waals surface area contributed by atoms with Crippen molar-refractivity contribution < 1.29 is 4.92 Å². The van der Waals surface area contributed by atoms with Gasteiger partial charge < -0.3 is 4.90 Å². The molecule has 0 unspecified atom stereocenters. The Morgan fingerprint density at radius 3 is 2.25 bits per heavy atom. The van der Waals surface area contributed by atoms with E-state index >= 15 is 0 Å². The molecule has 0 saturated carbocycles. The number of anilines is 1. The van der Waals surface area contributed by atoms with E-state index in [4.69, 9.17) is 0 Å². The molecule has 20 heavy (non-hydrogen) atoms. The van der Waals surface area contributed by atoms with E-state index in [1.165, 1.54) is 12.1 Å². The molecule has 0 N–H and O–H groups in total. The first-order valence-electron chi connectivity index (χ1n) is 6.00. The molecule has 2 aromatic carbocycles. The van der Waals surface area contributed by atoms with Crippen LogP contribution in [0.15, 0.2) is 58.8 Å². The molecule has 6 nitrogen and oxygen atoms in total. The summed E-state index contributed by atoms with van der Waals surface area (Å²) in [4.78, 5) is 12.2. The number of rotatable bonds is 4. The molecule has 2 rings (SSSR count). The van der Waals surface area contributed by atoms with Gasteiger partial charge in [-0.2, -0.15) is 10.2 Å². The Kier molecular flexibility index (Phi) is 4.05. The van der Waals surface area contributed by atoms with Gasteiger partial charge in [-0.15, -0.1) is 0 Å². The second kappa shape index (κ2) is 5.92. The lowest BCUT2D eigenvalue weighted by atomic mass is 10.3. The molecule has 0 aliphatic rings. The average molecular weight is 270 g/mol. The average Bonchev–Trinajstić information content (AvgIpc) is 2.46. The summed E-state index contributed by atoms with van der Waals surface area (Å²) in [5.74, 6) is 0. The Morgan fingerprint density at radius 1 is 1.00 bits per heavy atom. The van der Waals surface area contributed by atoms with Crippen molar-refractivity contribution in [3.8, 4) is 0 Å². The zero-order chi connectivity index (χ0) is 14.5. The van der Waals surface area contributed by atoms with E-state index in [2.05, 4.69) is 10.2 Å². The molecule has 0 aromatic heterocycles. The molecule has 0 radical (unpaired) electrons. The quantitative estimate of drug-likeness (QED) is 0.477. The number of non-ortho nitro benzene ring substituents is 1. The van der Waals surface area contributed by atoms with Crippen LogP contribution < -0.4 is 4.90 Å². The van der Waals surface area contributed by atoms with Crippen molar-refractivity contribution in [2.45, 2.75) is 0 Å². The number of nitro benzene ring substituents is 1. The zero-order valence-corrected chi connectivity index (χ0v) is 11.2. The van der Waals surface area contributed by atoms with E-state index in [0.29, 0.717) is 11.4 Å². The first-order chi connectivity index (χ1) is 9.56. The molecular weight excluding hydrogens is 256 g/mol. The van der Waals surface area contributed by atoms with Crippen molar-refractivity contribution in [2.24, 2.45) is 10.2 Å². The van der Waals surface area contributed by atoms with E-state index in [9.17, 15) is 10.1 Å². The number of hydrogen-bond donors (Lipinski definition) is 0. The minimum atomic E-state index is -0.453. The zero-order valence-electron chi connectivity index (χ0n) is 11.2. The number of azo groups is 1. The third-order valence-electron chi connectivity index (χ3n) is 2.69. The third kappa shape index (κ3) is 3.38. The molecule has 0 heterocycles. The summed E-state index contributed by atoms with van der Waals surface area (Å²) in [5.41, 5.74) is 2.22. The van der Waals surface area contributed by atoms with Crippen molar-refractivity contribution >= 4 is 22.7 Å². The van der Waals surface area contributed by atoms with Gasteiger partial charge in [0.15, 0.2) is 0 Å². The summed E-state index contributed by atoms with van der Waals surface area (Å²) in [6.07, 6.45) is 0. The second-order valence-electron chi connectivity index (χ2n) is 4.39. The molecule has 102 valence electrons. The van der Waals surface area contributed by atoms with Gasteiger partial charge in [0.1, 0.15) is 0 Å². The van der Waals surface area contributed by atoms with E-state index in [0.717, 1.165) is 5.69 Å². The molecule has 0 atom stereocenters. The van der Waals surface area contributed by atoms with Crippen LogP contribution in [0.4, 0.5) is 22.7 Å². The molecule has 0 saturated heterocycles. The Bertz CT molecular complexity index is 636. The van der Waals surface area contributed by atoms with Crippen LogP contribution in [0.25, 0.3) is 0 Å². The summed E-state index contributed by atoms with van der Waals surface area (Å²) in [6.45, 7) is 0. The van der Waals surface area contributed by atoms with E-state index in [-0.39, 0.29) is 5.69 Å². The van der Waals surface area contributed by atoms with Crippen molar-refractivity contribution in [2.75, 3.05) is 19.0 Å². The van der Waals surface area contributed by atoms with Crippen molar-refractivity contribution in [1.82, 2.24) is 0 Å². The summed E-state index contributed by atoms with van der Waals surface area (Å²) in [5, 5.41) is 18.7. The Morgan fingerprint density at radius 2 is 1.65 bits per heavy atom. The second-order valence-corrected chi connectivity index (χ2v) is 4.39. The first kappa shape index (κ1) is 13.7. The molecule has 0 bridgehead atoms. The van der Waals surface area contributed by atoms with Gasteiger partial charge in [-0.05, 0) is 30.3 Å². The fourth-order valence-electron chi connectivity index (χ4n) is 1.60. The Hall–Kier alpha value is -2.76. The minimum Gasteiger partial charge on any atom is -0.378 e. The van der Waals surface area contributed by atoms with Gasteiger partial charge in [0.2, 0.25) is 0 Å². The van der Waals surface area contributed by atoms with Crippen LogP contribution in [0, 0.1) is 10.1 Å². The van der Waals surface area contributed by atoms with Crippen LogP contribution in [-0.4, -0.2) is 19.0 Å². The molecule has 0 aliphatic heterocycles. The predicted octanol–water partition coefficient (Wildman–Crippen LogP) is 4.08. The molecule has 6 heteroatoms.